The third-order valence-corrected chi connectivity index (χ3v) is 2.53. The van der Waals surface area contributed by atoms with Crippen molar-refractivity contribution >= 4 is 11.6 Å². The molecule has 1 aromatic rings. The van der Waals surface area contributed by atoms with Crippen LogP contribution in [0.4, 0.5) is 5.69 Å². The normalized spacial score (nSPS) is 11.6. The topological polar surface area (TPSA) is 64.3 Å². The number of benzene rings is 1. The van der Waals surface area contributed by atoms with E-state index in [1.54, 1.807) is 38.2 Å². The van der Waals surface area contributed by atoms with Gasteiger partial charge in [-0.25, -0.2) is 0 Å². The molecule has 1 amide bonds. The zero-order valence-electron chi connectivity index (χ0n) is 10.1. The maximum Gasteiger partial charge on any atom is 0.226 e. The van der Waals surface area contributed by atoms with Crippen molar-refractivity contribution < 1.29 is 9.90 Å². The summed E-state index contributed by atoms with van der Waals surface area (Å²) in [6, 6.07) is 8.84. The van der Waals surface area contributed by atoms with Crippen LogP contribution in [0.15, 0.2) is 24.3 Å². The van der Waals surface area contributed by atoms with Gasteiger partial charge in [-0.1, -0.05) is 0 Å². The molecule has 0 saturated heterocycles. The van der Waals surface area contributed by atoms with E-state index >= 15 is 0 Å². The fourth-order valence-electron chi connectivity index (χ4n) is 1.40. The SMILES string of the molecule is CC(O)CCC(=O)N(C)c1ccc(C#N)cc1. The van der Waals surface area contributed by atoms with Crippen LogP contribution < -0.4 is 4.90 Å². The molecule has 0 saturated carbocycles. The highest BCUT2D eigenvalue weighted by Gasteiger charge is 2.11. The molecule has 1 unspecified atom stereocenters. The van der Waals surface area contributed by atoms with Crippen LogP contribution >= 0.6 is 0 Å². The Bertz CT molecular complexity index is 418. The van der Waals surface area contributed by atoms with Crippen LogP contribution in [0.5, 0.6) is 0 Å². The highest BCUT2D eigenvalue weighted by Crippen LogP contribution is 2.15. The van der Waals surface area contributed by atoms with E-state index in [-0.39, 0.29) is 5.91 Å². The molecule has 0 aliphatic carbocycles. The summed E-state index contributed by atoms with van der Waals surface area (Å²) in [5, 5.41) is 17.8. The van der Waals surface area contributed by atoms with Crippen LogP contribution in [0.3, 0.4) is 0 Å². The van der Waals surface area contributed by atoms with E-state index in [0.29, 0.717) is 18.4 Å². The molecule has 1 atom stereocenters. The lowest BCUT2D eigenvalue weighted by Gasteiger charge is -2.17. The minimum atomic E-state index is -0.465. The summed E-state index contributed by atoms with van der Waals surface area (Å²) in [4.78, 5) is 13.3. The average Bonchev–Trinajstić information content (AvgIpc) is 2.35. The first-order chi connectivity index (χ1) is 8.04. The third kappa shape index (κ3) is 3.89. The van der Waals surface area contributed by atoms with Gasteiger partial charge in [-0.15, -0.1) is 0 Å². The molecule has 0 bridgehead atoms. The lowest BCUT2D eigenvalue weighted by molar-refractivity contribution is -0.118. The minimum absolute atomic E-state index is 0.0457. The number of hydrogen-bond donors (Lipinski definition) is 1. The molecule has 0 fully saturated rings. The number of aliphatic hydroxyl groups is 1. The first-order valence-electron chi connectivity index (χ1n) is 5.49. The molecule has 0 heterocycles. The molecular weight excluding hydrogens is 216 g/mol. The minimum Gasteiger partial charge on any atom is -0.393 e. The Morgan fingerprint density at radius 3 is 2.53 bits per heavy atom. The number of anilines is 1. The van der Waals surface area contributed by atoms with E-state index in [1.165, 1.54) is 4.90 Å². The molecule has 0 radical (unpaired) electrons. The number of nitrogens with zero attached hydrogens (tertiary/aromatic N) is 2. The van der Waals surface area contributed by atoms with Crippen LogP contribution in [0.25, 0.3) is 0 Å². The molecule has 1 aromatic carbocycles. The third-order valence-electron chi connectivity index (χ3n) is 2.53. The summed E-state index contributed by atoms with van der Waals surface area (Å²) >= 11 is 0. The fraction of sp³-hybridized carbons (Fsp3) is 0.385. The van der Waals surface area contributed by atoms with E-state index in [4.69, 9.17) is 10.4 Å². The Labute approximate surface area is 101 Å². The summed E-state index contributed by atoms with van der Waals surface area (Å²) in [7, 11) is 1.69. The van der Waals surface area contributed by atoms with Crippen molar-refractivity contribution in [3.05, 3.63) is 29.8 Å². The first-order valence-corrected chi connectivity index (χ1v) is 5.49. The molecule has 4 nitrogen and oxygen atoms in total. The molecule has 0 aliphatic heterocycles. The quantitative estimate of drug-likeness (QED) is 0.859. The number of aliphatic hydroxyl groups excluding tert-OH is 1. The Morgan fingerprint density at radius 2 is 2.06 bits per heavy atom. The lowest BCUT2D eigenvalue weighted by Crippen LogP contribution is -2.26. The lowest BCUT2D eigenvalue weighted by atomic mass is 10.2. The van der Waals surface area contributed by atoms with Gasteiger partial charge < -0.3 is 10.0 Å². The standard InChI is InChI=1S/C13H16N2O2/c1-10(16)3-8-13(17)15(2)12-6-4-11(9-14)5-7-12/h4-7,10,16H,3,8H2,1-2H3. The second-order valence-electron chi connectivity index (χ2n) is 4.00. The maximum absolute atomic E-state index is 11.8. The van der Waals surface area contributed by atoms with Gasteiger partial charge in [0.05, 0.1) is 17.7 Å². The Balaban J connectivity index is 2.65. The summed E-state index contributed by atoms with van der Waals surface area (Å²) < 4.78 is 0. The van der Waals surface area contributed by atoms with Gasteiger partial charge in [0, 0.05) is 19.2 Å². The van der Waals surface area contributed by atoms with Gasteiger partial charge in [0.15, 0.2) is 0 Å². The van der Waals surface area contributed by atoms with Crippen molar-refractivity contribution in [1.82, 2.24) is 0 Å². The zero-order chi connectivity index (χ0) is 12.8. The number of nitriles is 1. The Morgan fingerprint density at radius 1 is 1.47 bits per heavy atom. The number of hydrogen-bond acceptors (Lipinski definition) is 3. The molecule has 0 aliphatic rings. The zero-order valence-corrected chi connectivity index (χ0v) is 10.1. The number of amides is 1. The van der Waals surface area contributed by atoms with Crippen LogP contribution in [0, 0.1) is 11.3 Å². The second-order valence-corrected chi connectivity index (χ2v) is 4.00. The van der Waals surface area contributed by atoms with Crippen molar-refractivity contribution in [3.8, 4) is 6.07 Å². The summed E-state index contributed by atoms with van der Waals surface area (Å²) in [5.41, 5.74) is 1.32. The van der Waals surface area contributed by atoms with Gasteiger partial charge >= 0.3 is 0 Å². The molecule has 0 spiro atoms. The summed E-state index contributed by atoms with van der Waals surface area (Å²) in [5.74, 6) is -0.0457. The van der Waals surface area contributed by atoms with Crippen molar-refractivity contribution in [2.45, 2.75) is 25.9 Å². The van der Waals surface area contributed by atoms with Crippen molar-refractivity contribution in [1.29, 1.82) is 5.26 Å². The van der Waals surface area contributed by atoms with Crippen LogP contribution in [-0.2, 0) is 4.79 Å². The van der Waals surface area contributed by atoms with Gasteiger partial charge in [0.25, 0.3) is 0 Å². The van der Waals surface area contributed by atoms with Crippen molar-refractivity contribution in [2.24, 2.45) is 0 Å². The smallest absolute Gasteiger partial charge is 0.226 e. The predicted octanol–water partition coefficient (Wildman–Crippen LogP) is 1.68. The second kappa shape index (κ2) is 6.02. The van der Waals surface area contributed by atoms with E-state index in [2.05, 4.69) is 0 Å². The highest BCUT2D eigenvalue weighted by molar-refractivity contribution is 5.92. The molecule has 4 heteroatoms. The van der Waals surface area contributed by atoms with Crippen molar-refractivity contribution in [3.63, 3.8) is 0 Å². The fourth-order valence-corrected chi connectivity index (χ4v) is 1.40. The van der Waals surface area contributed by atoms with Gasteiger partial charge in [-0.05, 0) is 37.6 Å². The van der Waals surface area contributed by atoms with Gasteiger partial charge in [-0.2, -0.15) is 5.26 Å². The molecule has 0 aromatic heterocycles. The van der Waals surface area contributed by atoms with E-state index in [0.717, 1.165) is 5.69 Å². The van der Waals surface area contributed by atoms with E-state index < -0.39 is 6.10 Å². The molecular formula is C13H16N2O2. The average molecular weight is 232 g/mol. The summed E-state index contributed by atoms with van der Waals surface area (Å²) in [6.45, 7) is 1.66. The van der Waals surface area contributed by atoms with Crippen LogP contribution in [0.1, 0.15) is 25.3 Å². The Kier molecular flexibility index (Phi) is 4.68. The van der Waals surface area contributed by atoms with E-state index in [9.17, 15) is 4.79 Å². The Hall–Kier alpha value is -1.86. The van der Waals surface area contributed by atoms with Gasteiger partial charge in [0.2, 0.25) is 5.91 Å². The molecule has 90 valence electrons. The van der Waals surface area contributed by atoms with E-state index in [1.807, 2.05) is 6.07 Å². The predicted molar refractivity (Wildman–Crippen MR) is 65.5 cm³/mol. The molecule has 1 rings (SSSR count). The number of carbonyl (C=O) groups excluding carboxylic acids is 1. The van der Waals surface area contributed by atoms with Crippen LogP contribution in [-0.4, -0.2) is 24.2 Å². The monoisotopic (exact) mass is 232 g/mol. The maximum atomic E-state index is 11.8. The van der Waals surface area contributed by atoms with Crippen LogP contribution in [0.2, 0.25) is 0 Å². The van der Waals surface area contributed by atoms with Crippen molar-refractivity contribution in [2.75, 3.05) is 11.9 Å². The number of rotatable bonds is 4. The molecule has 17 heavy (non-hydrogen) atoms. The molecule has 1 N–H and O–H groups in total. The van der Waals surface area contributed by atoms with Gasteiger partial charge in [-0.3, -0.25) is 4.79 Å². The van der Waals surface area contributed by atoms with Gasteiger partial charge in [0.1, 0.15) is 0 Å². The number of carbonyl (C=O) groups is 1. The first kappa shape index (κ1) is 13.2. The summed E-state index contributed by atoms with van der Waals surface area (Å²) in [6.07, 6.45) is 0.307. The largest absolute Gasteiger partial charge is 0.393 e. The highest BCUT2D eigenvalue weighted by atomic mass is 16.3.